The molecule has 3 rings (SSSR count). The van der Waals surface area contributed by atoms with Crippen LogP contribution in [0.2, 0.25) is 0 Å². The second-order valence-corrected chi connectivity index (χ2v) is 5.86. The minimum absolute atomic E-state index is 0. The maximum absolute atomic E-state index is 12.3. The fourth-order valence-electron chi connectivity index (χ4n) is 2.74. The van der Waals surface area contributed by atoms with Crippen molar-refractivity contribution in [3.63, 3.8) is 0 Å². The van der Waals surface area contributed by atoms with Gasteiger partial charge in [0.2, 0.25) is 5.91 Å². The van der Waals surface area contributed by atoms with E-state index in [1.807, 2.05) is 4.90 Å². The van der Waals surface area contributed by atoms with Crippen LogP contribution in [0, 0.1) is 12.8 Å². The highest BCUT2D eigenvalue weighted by Gasteiger charge is 2.24. The minimum atomic E-state index is 0. The predicted octanol–water partition coefficient (Wildman–Crippen LogP) is 2.70. The van der Waals surface area contributed by atoms with Crippen LogP contribution in [-0.4, -0.2) is 25.5 Å². The first-order chi connectivity index (χ1) is 9.24. The molecular formula is C16H23ClN2O. The van der Waals surface area contributed by atoms with Crippen LogP contribution in [0.5, 0.6) is 0 Å². The Kier molecular flexibility index (Phi) is 5.06. The van der Waals surface area contributed by atoms with Crippen LogP contribution >= 0.6 is 12.4 Å². The summed E-state index contributed by atoms with van der Waals surface area (Å²) in [5.74, 6) is 1.04. The van der Waals surface area contributed by atoms with Crippen LogP contribution < -0.4 is 10.2 Å². The van der Waals surface area contributed by atoms with Gasteiger partial charge in [0.15, 0.2) is 0 Å². The Morgan fingerprint density at radius 3 is 2.95 bits per heavy atom. The van der Waals surface area contributed by atoms with Crippen molar-refractivity contribution in [1.82, 2.24) is 5.32 Å². The molecule has 0 bridgehead atoms. The van der Waals surface area contributed by atoms with Gasteiger partial charge in [-0.3, -0.25) is 4.79 Å². The van der Waals surface area contributed by atoms with Crippen LogP contribution in [0.1, 0.15) is 30.4 Å². The molecule has 1 aliphatic heterocycles. The van der Waals surface area contributed by atoms with E-state index in [1.54, 1.807) is 0 Å². The number of fused-ring (bicyclic) bond motifs is 1. The first-order valence-corrected chi connectivity index (χ1v) is 7.34. The van der Waals surface area contributed by atoms with Gasteiger partial charge in [0.25, 0.3) is 0 Å². The van der Waals surface area contributed by atoms with Crippen LogP contribution in [0.15, 0.2) is 18.2 Å². The predicted molar refractivity (Wildman–Crippen MR) is 84.7 cm³/mol. The van der Waals surface area contributed by atoms with E-state index in [2.05, 4.69) is 30.4 Å². The number of benzene rings is 1. The maximum atomic E-state index is 12.3. The molecule has 2 aliphatic rings. The summed E-state index contributed by atoms with van der Waals surface area (Å²) in [5.41, 5.74) is 3.67. The molecule has 3 nitrogen and oxygen atoms in total. The number of carbonyl (C=O) groups excluding carboxylic acids is 1. The molecule has 1 saturated carbocycles. The van der Waals surface area contributed by atoms with Gasteiger partial charge in [-0.1, -0.05) is 12.1 Å². The SMILES string of the molecule is Cc1ccc2c(c1)N(C(=O)CNCC1CC1)CCC2.Cl. The molecule has 20 heavy (non-hydrogen) atoms. The smallest absolute Gasteiger partial charge is 0.240 e. The molecule has 0 saturated heterocycles. The fraction of sp³-hybridized carbons (Fsp3) is 0.562. The third-order valence-electron chi connectivity index (χ3n) is 4.07. The lowest BCUT2D eigenvalue weighted by molar-refractivity contribution is -0.117. The molecule has 1 amide bonds. The average Bonchev–Trinajstić information content (AvgIpc) is 3.22. The van der Waals surface area contributed by atoms with Gasteiger partial charge in [-0.05, 0) is 62.3 Å². The highest BCUT2D eigenvalue weighted by atomic mass is 35.5. The van der Waals surface area contributed by atoms with E-state index < -0.39 is 0 Å². The van der Waals surface area contributed by atoms with E-state index in [0.29, 0.717) is 6.54 Å². The summed E-state index contributed by atoms with van der Waals surface area (Å²) in [6.07, 6.45) is 4.82. The minimum Gasteiger partial charge on any atom is -0.311 e. The van der Waals surface area contributed by atoms with E-state index in [0.717, 1.165) is 37.5 Å². The number of aryl methyl sites for hydroxylation is 2. The van der Waals surface area contributed by atoms with E-state index in [-0.39, 0.29) is 18.3 Å². The van der Waals surface area contributed by atoms with E-state index >= 15 is 0 Å². The summed E-state index contributed by atoms with van der Waals surface area (Å²) in [6, 6.07) is 6.45. The molecule has 1 aromatic carbocycles. The Morgan fingerprint density at radius 1 is 1.40 bits per heavy atom. The lowest BCUT2D eigenvalue weighted by atomic mass is 10.00. The molecule has 1 aromatic rings. The van der Waals surface area contributed by atoms with Gasteiger partial charge in [0.1, 0.15) is 0 Å². The summed E-state index contributed by atoms with van der Waals surface area (Å²) >= 11 is 0. The van der Waals surface area contributed by atoms with Crippen molar-refractivity contribution in [3.05, 3.63) is 29.3 Å². The first kappa shape index (κ1) is 15.3. The van der Waals surface area contributed by atoms with Gasteiger partial charge in [-0.25, -0.2) is 0 Å². The van der Waals surface area contributed by atoms with Gasteiger partial charge in [0, 0.05) is 12.2 Å². The number of amides is 1. The van der Waals surface area contributed by atoms with Crippen molar-refractivity contribution in [2.24, 2.45) is 5.92 Å². The van der Waals surface area contributed by atoms with Crippen molar-refractivity contribution < 1.29 is 4.79 Å². The van der Waals surface area contributed by atoms with E-state index in [4.69, 9.17) is 0 Å². The molecule has 4 heteroatoms. The molecule has 1 aliphatic carbocycles. The molecule has 0 atom stereocenters. The normalized spacial score (nSPS) is 17.4. The Morgan fingerprint density at radius 2 is 2.20 bits per heavy atom. The second-order valence-electron chi connectivity index (χ2n) is 5.86. The Bertz CT molecular complexity index is 485. The molecule has 110 valence electrons. The molecule has 0 aromatic heterocycles. The molecule has 0 radical (unpaired) electrons. The van der Waals surface area contributed by atoms with Crippen LogP contribution in [0.25, 0.3) is 0 Å². The fourth-order valence-corrected chi connectivity index (χ4v) is 2.74. The third-order valence-corrected chi connectivity index (χ3v) is 4.07. The Labute approximate surface area is 127 Å². The van der Waals surface area contributed by atoms with E-state index in [9.17, 15) is 4.79 Å². The van der Waals surface area contributed by atoms with Crippen LogP contribution in [0.4, 0.5) is 5.69 Å². The quantitative estimate of drug-likeness (QED) is 0.926. The van der Waals surface area contributed by atoms with E-state index in [1.165, 1.54) is 24.0 Å². The summed E-state index contributed by atoms with van der Waals surface area (Å²) < 4.78 is 0. The van der Waals surface area contributed by atoms with Gasteiger partial charge in [-0.15, -0.1) is 12.4 Å². The maximum Gasteiger partial charge on any atom is 0.240 e. The summed E-state index contributed by atoms with van der Waals surface area (Å²) in [4.78, 5) is 14.3. The van der Waals surface area contributed by atoms with Crippen molar-refractivity contribution in [2.75, 3.05) is 24.5 Å². The average molecular weight is 295 g/mol. The Balaban J connectivity index is 0.00000147. The largest absolute Gasteiger partial charge is 0.311 e. The van der Waals surface area contributed by atoms with Crippen molar-refractivity contribution in [3.8, 4) is 0 Å². The highest BCUT2D eigenvalue weighted by Crippen LogP contribution is 2.29. The zero-order valence-electron chi connectivity index (χ0n) is 12.0. The monoisotopic (exact) mass is 294 g/mol. The molecule has 1 N–H and O–H groups in total. The zero-order valence-corrected chi connectivity index (χ0v) is 12.8. The molecule has 1 fully saturated rings. The second kappa shape index (κ2) is 6.59. The summed E-state index contributed by atoms with van der Waals surface area (Å²) in [7, 11) is 0. The molecule has 0 unspecified atom stereocenters. The Hall–Kier alpha value is -1.06. The topological polar surface area (TPSA) is 32.3 Å². The number of nitrogens with one attached hydrogen (secondary N) is 1. The van der Waals surface area contributed by atoms with Gasteiger partial charge >= 0.3 is 0 Å². The summed E-state index contributed by atoms with van der Waals surface area (Å²) in [6.45, 7) is 4.42. The van der Waals surface area contributed by atoms with Gasteiger partial charge in [-0.2, -0.15) is 0 Å². The number of carbonyl (C=O) groups is 1. The number of halogens is 1. The number of hydrogen-bond donors (Lipinski definition) is 1. The van der Waals surface area contributed by atoms with Crippen LogP contribution in [0.3, 0.4) is 0 Å². The molecule has 0 spiro atoms. The van der Waals surface area contributed by atoms with Gasteiger partial charge < -0.3 is 10.2 Å². The number of anilines is 1. The standard InChI is InChI=1S/C16H22N2O.ClH/c1-12-4-7-14-3-2-8-18(15(14)9-12)16(19)11-17-10-13-5-6-13;/h4,7,9,13,17H,2-3,5-6,8,10-11H2,1H3;1H. The zero-order chi connectivity index (χ0) is 13.2. The van der Waals surface area contributed by atoms with Crippen molar-refractivity contribution in [2.45, 2.75) is 32.6 Å². The lowest BCUT2D eigenvalue weighted by Gasteiger charge is -2.30. The third kappa shape index (κ3) is 3.53. The van der Waals surface area contributed by atoms with Crippen LogP contribution in [-0.2, 0) is 11.2 Å². The number of nitrogens with zero attached hydrogens (tertiary/aromatic N) is 1. The molecular weight excluding hydrogens is 272 g/mol. The lowest BCUT2D eigenvalue weighted by Crippen LogP contribution is -2.41. The van der Waals surface area contributed by atoms with Gasteiger partial charge in [0.05, 0.1) is 6.54 Å². The van der Waals surface area contributed by atoms with Crippen molar-refractivity contribution in [1.29, 1.82) is 0 Å². The first-order valence-electron chi connectivity index (χ1n) is 7.34. The molecule has 1 heterocycles. The highest BCUT2D eigenvalue weighted by molar-refractivity contribution is 5.96. The summed E-state index contributed by atoms with van der Waals surface area (Å²) in [5, 5.41) is 3.30. The number of rotatable bonds is 4. The van der Waals surface area contributed by atoms with Crippen molar-refractivity contribution >= 4 is 24.0 Å². The number of hydrogen-bond acceptors (Lipinski definition) is 2.